The highest BCUT2D eigenvalue weighted by Crippen LogP contribution is 2.37. The van der Waals surface area contributed by atoms with E-state index in [1.165, 1.54) is 16.9 Å². The van der Waals surface area contributed by atoms with Crippen molar-refractivity contribution < 1.29 is 4.79 Å². The fraction of sp³-hybridized carbons (Fsp3) is 0.111. The van der Waals surface area contributed by atoms with E-state index in [1.54, 1.807) is 12.4 Å². The van der Waals surface area contributed by atoms with Crippen LogP contribution in [-0.4, -0.2) is 26.5 Å². The van der Waals surface area contributed by atoms with E-state index in [0.29, 0.717) is 5.69 Å². The normalized spacial score (nSPS) is 11.1. The second kappa shape index (κ2) is 5.65. The van der Waals surface area contributed by atoms with Crippen LogP contribution < -0.4 is 0 Å². The van der Waals surface area contributed by atoms with Gasteiger partial charge in [-0.1, -0.05) is 17.7 Å². The van der Waals surface area contributed by atoms with Crippen LogP contribution in [-0.2, 0) is 0 Å². The molecule has 5 nitrogen and oxygen atoms in total. The molecule has 4 aromatic rings. The molecule has 3 heterocycles. The molecule has 1 N–H and O–H groups in total. The summed E-state index contributed by atoms with van der Waals surface area (Å²) in [4.78, 5) is 20.9. The lowest BCUT2D eigenvalue weighted by molar-refractivity contribution is 0.112. The zero-order valence-corrected chi connectivity index (χ0v) is 14.0. The van der Waals surface area contributed by atoms with Crippen molar-refractivity contribution in [2.24, 2.45) is 0 Å². The highest BCUT2D eigenvalue weighted by molar-refractivity contribution is 7.18. The number of nitrogens with one attached hydrogen (secondary N) is 1. The van der Waals surface area contributed by atoms with E-state index in [-0.39, 0.29) is 0 Å². The average Bonchev–Trinajstić information content (AvgIpc) is 3.19. The van der Waals surface area contributed by atoms with Crippen molar-refractivity contribution in [3.63, 3.8) is 0 Å². The minimum Gasteiger partial charge on any atom is -0.296 e. The van der Waals surface area contributed by atoms with Gasteiger partial charge in [-0.25, -0.2) is 4.98 Å². The summed E-state index contributed by atoms with van der Waals surface area (Å²) < 4.78 is 0. The summed E-state index contributed by atoms with van der Waals surface area (Å²) in [6.45, 7) is 4.10. The molecule has 0 saturated heterocycles. The number of H-pyrrole nitrogens is 1. The van der Waals surface area contributed by atoms with Crippen LogP contribution in [0.4, 0.5) is 0 Å². The number of pyridine rings is 1. The van der Waals surface area contributed by atoms with Gasteiger partial charge in [0, 0.05) is 23.3 Å². The smallest absolute Gasteiger partial charge is 0.169 e. The van der Waals surface area contributed by atoms with Crippen LogP contribution in [0.5, 0.6) is 0 Å². The molecule has 0 fully saturated rings. The Bertz CT molecular complexity index is 1050. The van der Waals surface area contributed by atoms with Gasteiger partial charge in [0.25, 0.3) is 0 Å². The number of fused-ring (bicyclic) bond motifs is 1. The number of aldehydes is 1. The molecule has 4 rings (SSSR count). The van der Waals surface area contributed by atoms with Gasteiger partial charge in [-0.3, -0.25) is 14.9 Å². The van der Waals surface area contributed by atoms with Gasteiger partial charge < -0.3 is 0 Å². The molecule has 0 aliphatic rings. The van der Waals surface area contributed by atoms with Crippen LogP contribution in [0.15, 0.2) is 36.7 Å². The standard InChI is InChI=1S/C18H14N4OS/c1-10-6-11(2)15-13(7-10)16(22-21-15)18-20-14(9-23)17(24-18)12-4-3-5-19-8-12/h3-9H,1-2H3,(H,21,22). The predicted molar refractivity (Wildman–Crippen MR) is 95.3 cm³/mol. The number of aromatic nitrogens is 4. The third-order valence-electron chi connectivity index (χ3n) is 3.90. The van der Waals surface area contributed by atoms with E-state index in [9.17, 15) is 4.79 Å². The minimum absolute atomic E-state index is 0.426. The number of aromatic amines is 1. The third-order valence-corrected chi connectivity index (χ3v) is 5.03. The molecule has 0 atom stereocenters. The van der Waals surface area contributed by atoms with Crippen molar-refractivity contribution in [1.82, 2.24) is 20.2 Å². The van der Waals surface area contributed by atoms with Crippen molar-refractivity contribution in [1.29, 1.82) is 0 Å². The largest absolute Gasteiger partial charge is 0.296 e. The van der Waals surface area contributed by atoms with Crippen LogP contribution >= 0.6 is 11.3 Å². The Labute approximate surface area is 142 Å². The molecule has 0 spiro atoms. The van der Waals surface area contributed by atoms with Crippen LogP contribution in [0, 0.1) is 13.8 Å². The number of thiazole rings is 1. The summed E-state index contributed by atoms with van der Waals surface area (Å²) in [5.74, 6) is 0. The van der Waals surface area contributed by atoms with Crippen molar-refractivity contribution in [2.75, 3.05) is 0 Å². The Morgan fingerprint density at radius 1 is 1.25 bits per heavy atom. The number of aryl methyl sites for hydroxylation is 2. The van der Waals surface area contributed by atoms with Crippen LogP contribution in [0.2, 0.25) is 0 Å². The van der Waals surface area contributed by atoms with Crippen molar-refractivity contribution in [3.05, 3.63) is 53.5 Å². The summed E-state index contributed by atoms with van der Waals surface area (Å²) in [5, 5.41) is 9.27. The molecule has 24 heavy (non-hydrogen) atoms. The molecule has 0 saturated carbocycles. The quantitative estimate of drug-likeness (QED) is 0.571. The van der Waals surface area contributed by atoms with Crippen molar-refractivity contribution in [2.45, 2.75) is 13.8 Å². The fourth-order valence-electron chi connectivity index (χ4n) is 2.86. The topological polar surface area (TPSA) is 71.5 Å². The van der Waals surface area contributed by atoms with Gasteiger partial charge in [-0.15, -0.1) is 11.3 Å². The molecule has 0 aliphatic carbocycles. The molecular formula is C18H14N4OS. The van der Waals surface area contributed by atoms with E-state index < -0.39 is 0 Å². The maximum absolute atomic E-state index is 11.5. The number of rotatable bonds is 3. The van der Waals surface area contributed by atoms with E-state index in [2.05, 4.69) is 39.2 Å². The monoisotopic (exact) mass is 334 g/mol. The molecule has 0 bridgehead atoms. The second-order valence-corrected chi connectivity index (χ2v) is 6.67. The minimum atomic E-state index is 0.426. The molecular weight excluding hydrogens is 320 g/mol. The van der Waals surface area contributed by atoms with Crippen LogP contribution in [0.1, 0.15) is 21.6 Å². The Balaban J connectivity index is 1.92. The molecule has 3 aromatic heterocycles. The van der Waals surface area contributed by atoms with Gasteiger partial charge in [0.15, 0.2) is 6.29 Å². The van der Waals surface area contributed by atoms with Crippen molar-refractivity contribution in [3.8, 4) is 21.1 Å². The maximum Gasteiger partial charge on any atom is 0.169 e. The first kappa shape index (κ1) is 14.7. The number of carbonyl (C=O) groups excluding carboxylic acids is 1. The van der Waals surface area contributed by atoms with E-state index in [0.717, 1.165) is 43.9 Å². The summed E-state index contributed by atoms with van der Waals surface area (Å²) >= 11 is 1.47. The molecule has 0 aliphatic heterocycles. The number of nitrogens with zero attached hydrogens (tertiary/aromatic N) is 3. The summed E-state index contributed by atoms with van der Waals surface area (Å²) in [6.07, 6.45) is 4.24. The number of hydrogen-bond donors (Lipinski definition) is 1. The molecule has 0 radical (unpaired) electrons. The van der Waals surface area contributed by atoms with Gasteiger partial charge in [0.1, 0.15) is 16.4 Å². The van der Waals surface area contributed by atoms with Gasteiger partial charge >= 0.3 is 0 Å². The highest BCUT2D eigenvalue weighted by atomic mass is 32.1. The zero-order valence-electron chi connectivity index (χ0n) is 13.2. The van der Waals surface area contributed by atoms with Crippen molar-refractivity contribution >= 4 is 28.5 Å². The Hall–Kier alpha value is -2.86. The van der Waals surface area contributed by atoms with Crippen LogP contribution in [0.3, 0.4) is 0 Å². The molecule has 0 amide bonds. The Kier molecular flexibility index (Phi) is 3.46. The fourth-order valence-corrected chi connectivity index (χ4v) is 3.89. The Morgan fingerprint density at radius 2 is 2.12 bits per heavy atom. The zero-order chi connectivity index (χ0) is 16.7. The lowest BCUT2D eigenvalue weighted by Gasteiger charge is -1.98. The SMILES string of the molecule is Cc1cc(C)c2n[nH]c(-c3nc(C=O)c(-c4cccnc4)s3)c2c1. The second-order valence-electron chi connectivity index (χ2n) is 5.67. The van der Waals surface area contributed by atoms with E-state index in [4.69, 9.17) is 0 Å². The van der Waals surface area contributed by atoms with E-state index in [1.807, 2.05) is 19.1 Å². The predicted octanol–water partition coefficient (Wildman–Crippen LogP) is 4.18. The molecule has 6 heteroatoms. The first-order valence-electron chi connectivity index (χ1n) is 7.49. The lowest BCUT2D eigenvalue weighted by Crippen LogP contribution is -1.85. The first-order chi connectivity index (χ1) is 11.7. The summed E-state index contributed by atoms with van der Waals surface area (Å²) in [7, 11) is 0. The summed E-state index contributed by atoms with van der Waals surface area (Å²) in [6, 6.07) is 7.97. The lowest BCUT2D eigenvalue weighted by atomic mass is 10.1. The van der Waals surface area contributed by atoms with Gasteiger partial charge in [0.05, 0.1) is 10.4 Å². The highest BCUT2D eigenvalue weighted by Gasteiger charge is 2.18. The number of benzene rings is 1. The average molecular weight is 334 g/mol. The molecule has 118 valence electrons. The maximum atomic E-state index is 11.5. The van der Waals surface area contributed by atoms with E-state index >= 15 is 0 Å². The number of carbonyl (C=O) groups is 1. The third kappa shape index (κ3) is 2.32. The molecule has 1 aromatic carbocycles. The number of hydrogen-bond acceptors (Lipinski definition) is 5. The Morgan fingerprint density at radius 3 is 2.88 bits per heavy atom. The first-order valence-corrected chi connectivity index (χ1v) is 8.31. The van der Waals surface area contributed by atoms with Crippen LogP contribution in [0.25, 0.3) is 32.0 Å². The van der Waals surface area contributed by atoms with Gasteiger partial charge in [0.2, 0.25) is 0 Å². The summed E-state index contributed by atoms with van der Waals surface area (Å²) in [5.41, 5.74) is 5.38. The molecule has 0 unspecified atom stereocenters. The van der Waals surface area contributed by atoms with Gasteiger partial charge in [-0.05, 0) is 31.5 Å². The van der Waals surface area contributed by atoms with Gasteiger partial charge in [-0.2, -0.15) is 5.10 Å².